The van der Waals surface area contributed by atoms with Gasteiger partial charge in [-0.2, -0.15) is 5.10 Å². The first-order valence-corrected chi connectivity index (χ1v) is 8.52. The van der Waals surface area contributed by atoms with Crippen LogP contribution in [0.15, 0.2) is 0 Å². The molecule has 0 spiro atoms. The van der Waals surface area contributed by atoms with Gasteiger partial charge in [-0.05, 0) is 38.5 Å². The van der Waals surface area contributed by atoms with Gasteiger partial charge in [-0.25, -0.2) is 0 Å². The van der Waals surface area contributed by atoms with Crippen molar-refractivity contribution in [1.82, 2.24) is 15.1 Å². The molecule has 3 rings (SSSR count). The zero-order valence-corrected chi connectivity index (χ0v) is 13.5. The molecule has 0 unspecified atom stereocenters. The smallest absolute Gasteiger partial charge is 0.0850 e. The highest BCUT2D eigenvalue weighted by Gasteiger charge is 2.45. The summed E-state index contributed by atoms with van der Waals surface area (Å²) in [4.78, 5) is 0. The van der Waals surface area contributed by atoms with Gasteiger partial charge in [0.05, 0.1) is 16.4 Å². The Bertz CT molecular complexity index is 470. The van der Waals surface area contributed by atoms with E-state index in [1.54, 1.807) is 0 Å². The average Bonchev–Trinajstić information content (AvgIpc) is 3.03. The molecule has 112 valence electrons. The summed E-state index contributed by atoms with van der Waals surface area (Å²) < 4.78 is 2.14. The number of hydrogen-bond donors (Lipinski definition) is 1. The third-order valence-corrected chi connectivity index (χ3v) is 5.83. The van der Waals surface area contributed by atoms with Gasteiger partial charge >= 0.3 is 0 Å². The predicted molar refractivity (Wildman–Crippen MR) is 83.3 cm³/mol. The van der Waals surface area contributed by atoms with Crippen molar-refractivity contribution in [1.29, 1.82) is 0 Å². The topological polar surface area (TPSA) is 29.9 Å². The minimum absolute atomic E-state index is 0.443. The van der Waals surface area contributed by atoms with Crippen LogP contribution in [0, 0.1) is 11.3 Å². The largest absolute Gasteiger partial charge is 0.315 e. The molecule has 1 aliphatic heterocycles. The molecule has 1 aliphatic carbocycles. The van der Waals surface area contributed by atoms with Crippen LogP contribution in [-0.2, 0) is 19.4 Å². The minimum atomic E-state index is 0.443. The van der Waals surface area contributed by atoms with E-state index in [0.717, 1.165) is 49.1 Å². The van der Waals surface area contributed by atoms with E-state index in [1.165, 1.54) is 31.4 Å². The summed E-state index contributed by atoms with van der Waals surface area (Å²) in [5.74, 6) is 0.880. The number of rotatable bonds is 5. The lowest BCUT2D eigenvalue weighted by Crippen LogP contribution is -2.58. The summed E-state index contributed by atoms with van der Waals surface area (Å²) >= 11 is 6.60. The Morgan fingerprint density at radius 1 is 1.30 bits per heavy atom. The average molecular weight is 296 g/mol. The van der Waals surface area contributed by atoms with Gasteiger partial charge in [-0.1, -0.05) is 31.4 Å². The number of hydrogen-bond acceptors (Lipinski definition) is 2. The van der Waals surface area contributed by atoms with Gasteiger partial charge in [0.1, 0.15) is 0 Å². The first-order valence-electron chi connectivity index (χ1n) is 8.15. The zero-order chi connectivity index (χ0) is 14.2. The molecule has 0 amide bonds. The summed E-state index contributed by atoms with van der Waals surface area (Å²) in [5.41, 5.74) is 2.79. The molecule has 1 saturated carbocycles. The van der Waals surface area contributed by atoms with Crippen LogP contribution in [0.2, 0.25) is 5.02 Å². The molecule has 3 nitrogen and oxygen atoms in total. The SMILES string of the molecule is CCc1nn(CC)c(CC2(C3CCCC3)CNC2)c1Cl. The van der Waals surface area contributed by atoms with Gasteiger partial charge in [-0.15, -0.1) is 0 Å². The summed E-state index contributed by atoms with van der Waals surface area (Å²) in [6.45, 7) is 7.53. The van der Waals surface area contributed by atoms with Crippen molar-refractivity contribution >= 4 is 11.6 Å². The second-order valence-corrected chi connectivity index (χ2v) is 6.88. The lowest BCUT2D eigenvalue weighted by molar-refractivity contribution is 0.0785. The lowest BCUT2D eigenvalue weighted by Gasteiger charge is -2.47. The monoisotopic (exact) mass is 295 g/mol. The molecule has 1 N–H and O–H groups in total. The summed E-state index contributed by atoms with van der Waals surface area (Å²) in [7, 11) is 0. The Morgan fingerprint density at radius 2 is 2.00 bits per heavy atom. The van der Waals surface area contributed by atoms with Gasteiger partial charge in [0.15, 0.2) is 0 Å². The van der Waals surface area contributed by atoms with Gasteiger partial charge < -0.3 is 5.32 Å². The standard InChI is InChI=1S/C16H26ClN3/c1-3-13-15(17)14(20(4-2)19-13)9-16(10-18-11-16)12-7-5-6-8-12/h12,18H,3-11H2,1-2H3. The highest BCUT2D eigenvalue weighted by Crippen LogP contribution is 2.45. The number of halogens is 1. The number of aryl methyl sites for hydroxylation is 2. The van der Waals surface area contributed by atoms with Gasteiger partial charge in [0, 0.05) is 25.0 Å². The first-order chi connectivity index (χ1) is 9.70. The zero-order valence-electron chi connectivity index (χ0n) is 12.7. The Balaban J connectivity index is 1.87. The molecule has 1 aromatic rings. The second-order valence-electron chi connectivity index (χ2n) is 6.50. The lowest BCUT2D eigenvalue weighted by atomic mass is 9.67. The number of aromatic nitrogens is 2. The minimum Gasteiger partial charge on any atom is -0.315 e. The Labute approximate surface area is 127 Å². The second kappa shape index (κ2) is 5.69. The third kappa shape index (κ3) is 2.29. The molecule has 0 atom stereocenters. The van der Waals surface area contributed by atoms with Gasteiger partial charge in [-0.3, -0.25) is 4.68 Å². The Hall–Kier alpha value is -0.540. The fourth-order valence-electron chi connectivity index (χ4n) is 4.06. The fraction of sp³-hybridized carbons (Fsp3) is 0.812. The number of nitrogens with one attached hydrogen (secondary N) is 1. The van der Waals surface area contributed by atoms with Crippen LogP contribution in [0.1, 0.15) is 50.9 Å². The molecule has 4 heteroatoms. The quantitative estimate of drug-likeness (QED) is 0.902. The van der Waals surface area contributed by atoms with Crippen LogP contribution in [0.25, 0.3) is 0 Å². The Kier molecular flexibility index (Phi) is 4.09. The van der Waals surface area contributed by atoms with E-state index < -0.39 is 0 Å². The molecule has 1 saturated heterocycles. The van der Waals surface area contributed by atoms with Crippen molar-refractivity contribution in [2.45, 2.75) is 58.9 Å². The van der Waals surface area contributed by atoms with Crippen LogP contribution >= 0.6 is 11.6 Å². The van der Waals surface area contributed by atoms with Gasteiger partial charge in [0.25, 0.3) is 0 Å². The molecule has 0 aromatic carbocycles. The number of nitrogens with zero attached hydrogens (tertiary/aromatic N) is 2. The summed E-state index contributed by atoms with van der Waals surface area (Å²) in [6.07, 6.45) is 7.65. The molecular weight excluding hydrogens is 270 g/mol. The molecular formula is C16H26ClN3. The first kappa shape index (κ1) is 14.4. The molecule has 20 heavy (non-hydrogen) atoms. The van der Waals surface area contributed by atoms with E-state index in [0.29, 0.717) is 5.41 Å². The van der Waals surface area contributed by atoms with E-state index >= 15 is 0 Å². The van der Waals surface area contributed by atoms with Crippen molar-refractivity contribution in [2.24, 2.45) is 11.3 Å². The van der Waals surface area contributed by atoms with Crippen LogP contribution in [0.5, 0.6) is 0 Å². The van der Waals surface area contributed by atoms with E-state index in [9.17, 15) is 0 Å². The van der Waals surface area contributed by atoms with Crippen molar-refractivity contribution in [2.75, 3.05) is 13.1 Å². The van der Waals surface area contributed by atoms with Crippen molar-refractivity contribution in [3.05, 3.63) is 16.4 Å². The van der Waals surface area contributed by atoms with Crippen molar-refractivity contribution < 1.29 is 0 Å². The molecule has 0 radical (unpaired) electrons. The molecule has 0 bridgehead atoms. The summed E-state index contributed by atoms with van der Waals surface area (Å²) in [5, 5.41) is 9.11. The van der Waals surface area contributed by atoms with Crippen molar-refractivity contribution in [3.8, 4) is 0 Å². The summed E-state index contributed by atoms with van der Waals surface area (Å²) in [6, 6.07) is 0. The van der Waals surface area contributed by atoms with Gasteiger partial charge in [0.2, 0.25) is 0 Å². The van der Waals surface area contributed by atoms with Crippen LogP contribution in [0.4, 0.5) is 0 Å². The maximum atomic E-state index is 6.60. The van der Waals surface area contributed by atoms with Crippen LogP contribution < -0.4 is 5.32 Å². The molecule has 1 aromatic heterocycles. The predicted octanol–water partition coefficient (Wildman–Crippen LogP) is 3.44. The third-order valence-electron chi connectivity index (χ3n) is 5.39. The normalized spacial score (nSPS) is 22.1. The van der Waals surface area contributed by atoms with Crippen LogP contribution in [-0.4, -0.2) is 22.9 Å². The van der Waals surface area contributed by atoms with E-state index in [2.05, 4.69) is 28.9 Å². The molecule has 2 aliphatic rings. The molecule has 2 fully saturated rings. The highest BCUT2D eigenvalue weighted by molar-refractivity contribution is 6.31. The van der Waals surface area contributed by atoms with Crippen LogP contribution in [0.3, 0.4) is 0 Å². The maximum Gasteiger partial charge on any atom is 0.0850 e. The van der Waals surface area contributed by atoms with E-state index in [1.807, 2.05) is 0 Å². The highest BCUT2D eigenvalue weighted by atomic mass is 35.5. The van der Waals surface area contributed by atoms with E-state index in [4.69, 9.17) is 11.6 Å². The molecule has 2 heterocycles. The maximum absolute atomic E-state index is 6.60. The fourth-order valence-corrected chi connectivity index (χ4v) is 4.40. The Morgan fingerprint density at radius 3 is 2.50 bits per heavy atom. The van der Waals surface area contributed by atoms with E-state index in [-0.39, 0.29) is 0 Å². The van der Waals surface area contributed by atoms with Crippen molar-refractivity contribution in [3.63, 3.8) is 0 Å².